The molecule has 8 heteroatoms. The highest BCUT2D eigenvalue weighted by atomic mass is 35.5. The van der Waals surface area contributed by atoms with Crippen LogP contribution < -0.4 is 9.47 Å². The van der Waals surface area contributed by atoms with E-state index in [1.54, 1.807) is 23.1 Å². The standard InChI is InChI=1S/C29H23ClN4O3/c30-24-11-15-27(16-12-24)36-26-13-9-23(10-14-26)29(18-34-21-31-20-32-34)33-35-19-22-5-4-8-28(17-22)37-25-6-2-1-3-7-25/h1-17,20-21H,18-19H2. The van der Waals surface area contributed by atoms with Gasteiger partial charge in [0.05, 0.1) is 6.54 Å². The quantitative estimate of drug-likeness (QED) is 0.147. The van der Waals surface area contributed by atoms with E-state index in [4.69, 9.17) is 25.9 Å². The highest BCUT2D eigenvalue weighted by Crippen LogP contribution is 2.24. The average Bonchev–Trinajstić information content (AvgIpc) is 3.44. The number of benzene rings is 4. The Kier molecular flexibility index (Phi) is 7.73. The highest BCUT2D eigenvalue weighted by molar-refractivity contribution is 6.30. The Hall–Kier alpha value is -4.62. The molecule has 0 aliphatic carbocycles. The molecule has 0 atom stereocenters. The van der Waals surface area contributed by atoms with E-state index < -0.39 is 0 Å². The Bertz CT molecular complexity index is 1440. The molecule has 0 aliphatic rings. The first-order chi connectivity index (χ1) is 18.2. The highest BCUT2D eigenvalue weighted by Gasteiger charge is 2.09. The lowest BCUT2D eigenvalue weighted by molar-refractivity contribution is 0.129. The van der Waals surface area contributed by atoms with Gasteiger partial charge in [-0.1, -0.05) is 47.1 Å². The Morgan fingerprint density at radius 3 is 2.16 bits per heavy atom. The van der Waals surface area contributed by atoms with Gasteiger partial charge < -0.3 is 14.3 Å². The van der Waals surface area contributed by atoms with Crippen molar-refractivity contribution < 1.29 is 14.3 Å². The molecule has 0 bridgehead atoms. The van der Waals surface area contributed by atoms with Crippen LogP contribution in [0.5, 0.6) is 23.0 Å². The van der Waals surface area contributed by atoms with E-state index in [-0.39, 0.29) is 6.61 Å². The monoisotopic (exact) mass is 510 g/mol. The van der Waals surface area contributed by atoms with Gasteiger partial charge in [-0.25, -0.2) is 9.67 Å². The molecule has 5 aromatic rings. The van der Waals surface area contributed by atoms with E-state index in [0.717, 1.165) is 22.6 Å². The van der Waals surface area contributed by atoms with Crippen LogP contribution >= 0.6 is 11.6 Å². The Morgan fingerprint density at radius 1 is 0.757 bits per heavy atom. The van der Waals surface area contributed by atoms with Gasteiger partial charge in [-0.15, -0.1) is 0 Å². The molecule has 1 heterocycles. The van der Waals surface area contributed by atoms with Gasteiger partial charge in [-0.2, -0.15) is 5.10 Å². The zero-order valence-electron chi connectivity index (χ0n) is 19.8. The number of ether oxygens (including phenoxy) is 2. The summed E-state index contributed by atoms with van der Waals surface area (Å²) in [5.41, 5.74) is 2.50. The molecule has 4 aromatic carbocycles. The summed E-state index contributed by atoms with van der Waals surface area (Å²) in [5.74, 6) is 2.91. The van der Waals surface area contributed by atoms with Crippen molar-refractivity contribution in [3.63, 3.8) is 0 Å². The molecule has 0 radical (unpaired) electrons. The van der Waals surface area contributed by atoms with E-state index in [1.165, 1.54) is 6.33 Å². The number of aromatic nitrogens is 3. The molecule has 0 saturated heterocycles. The molecule has 0 spiro atoms. The van der Waals surface area contributed by atoms with Crippen molar-refractivity contribution in [2.24, 2.45) is 5.16 Å². The molecule has 7 nitrogen and oxygen atoms in total. The molecular formula is C29H23ClN4O3. The van der Waals surface area contributed by atoms with Crippen LogP contribution in [-0.4, -0.2) is 20.5 Å². The van der Waals surface area contributed by atoms with Crippen molar-refractivity contribution in [1.82, 2.24) is 14.8 Å². The second-order valence-electron chi connectivity index (χ2n) is 8.05. The summed E-state index contributed by atoms with van der Waals surface area (Å²) in [5, 5.41) is 9.29. The van der Waals surface area contributed by atoms with Crippen molar-refractivity contribution in [3.8, 4) is 23.0 Å². The first kappa shape index (κ1) is 24.1. The van der Waals surface area contributed by atoms with Crippen molar-refractivity contribution in [3.05, 3.63) is 132 Å². The average molecular weight is 511 g/mol. The zero-order chi connectivity index (χ0) is 25.3. The van der Waals surface area contributed by atoms with Crippen LogP contribution in [0, 0.1) is 0 Å². The summed E-state index contributed by atoms with van der Waals surface area (Å²) < 4.78 is 13.5. The zero-order valence-corrected chi connectivity index (χ0v) is 20.5. The lowest BCUT2D eigenvalue weighted by atomic mass is 10.1. The fourth-order valence-corrected chi connectivity index (χ4v) is 3.63. The summed E-state index contributed by atoms with van der Waals surface area (Å²) >= 11 is 5.95. The molecule has 0 saturated carbocycles. The maximum atomic E-state index is 5.95. The number of halogens is 1. The van der Waals surface area contributed by atoms with E-state index in [0.29, 0.717) is 28.8 Å². The summed E-state index contributed by atoms with van der Waals surface area (Å²) in [6.45, 7) is 0.680. The first-order valence-corrected chi connectivity index (χ1v) is 12.0. The fourth-order valence-electron chi connectivity index (χ4n) is 3.50. The van der Waals surface area contributed by atoms with Crippen LogP contribution in [0.3, 0.4) is 0 Å². The minimum absolute atomic E-state index is 0.282. The minimum Gasteiger partial charge on any atom is -0.457 e. The van der Waals surface area contributed by atoms with E-state index in [2.05, 4.69) is 15.2 Å². The van der Waals surface area contributed by atoms with E-state index >= 15 is 0 Å². The maximum absolute atomic E-state index is 5.95. The normalized spacial score (nSPS) is 11.2. The molecule has 5 rings (SSSR count). The van der Waals surface area contributed by atoms with Gasteiger partial charge >= 0.3 is 0 Å². The van der Waals surface area contributed by atoms with E-state index in [9.17, 15) is 0 Å². The largest absolute Gasteiger partial charge is 0.457 e. The summed E-state index contributed by atoms with van der Waals surface area (Å²) in [6.07, 6.45) is 3.12. The SMILES string of the molecule is Clc1ccc(Oc2ccc(C(Cn3cncn3)=NOCc3cccc(Oc4ccccc4)c3)cc2)cc1. The van der Waals surface area contributed by atoms with Crippen LogP contribution in [0.4, 0.5) is 0 Å². The third-order valence-electron chi connectivity index (χ3n) is 5.30. The number of rotatable bonds is 10. The number of oxime groups is 1. The number of para-hydroxylation sites is 1. The molecule has 0 unspecified atom stereocenters. The van der Waals surface area contributed by atoms with Crippen molar-refractivity contribution in [2.45, 2.75) is 13.2 Å². The van der Waals surface area contributed by atoms with Crippen molar-refractivity contribution >= 4 is 17.3 Å². The third kappa shape index (κ3) is 6.96. The Balaban J connectivity index is 1.28. The molecule has 184 valence electrons. The van der Waals surface area contributed by atoms with Gasteiger partial charge in [0.1, 0.15) is 48.0 Å². The lowest BCUT2D eigenvalue weighted by Gasteiger charge is -2.10. The molecule has 0 N–H and O–H groups in total. The number of hydrogen-bond acceptors (Lipinski definition) is 6. The summed E-state index contributed by atoms with van der Waals surface area (Å²) in [4.78, 5) is 9.78. The molecule has 0 aliphatic heterocycles. The molecular weight excluding hydrogens is 488 g/mol. The van der Waals surface area contributed by atoms with Crippen LogP contribution in [0.25, 0.3) is 0 Å². The first-order valence-electron chi connectivity index (χ1n) is 11.6. The van der Waals surface area contributed by atoms with Crippen molar-refractivity contribution in [2.75, 3.05) is 0 Å². The number of hydrogen-bond donors (Lipinski definition) is 0. The van der Waals surface area contributed by atoms with Gasteiger partial charge in [-0.3, -0.25) is 0 Å². The van der Waals surface area contributed by atoms with Gasteiger partial charge in [0, 0.05) is 10.6 Å². The maximum Gasteiger partial charge on any atom is 0.142 e. The second-order valence-corrected chi connectivity index (χ2v) is 8.48. The molecule has 1 aromatic heterocycles. The molecule has 0 fully saturated rings. The predicted octanol–water partition coefficient (Wildman–Crippen LogP) is 7.14. The topological polar surface area (TPSA) is 70.8 Å². The van der Waals surface area contributed by atoms with Crippen LogP contribution in [-0.2, 0) is 18.0 Å². The minimum atomic E-state index is 0.282. The Morgan fingerprint density at radius 2 is 1.43 bits per heavy atom. The second kappa shape index (κ2) is 11.9. The van der Waals surface area contributed by atoms with E-state index in [1.807, 2.05) is 91.0 Å². The van der Waals surface area contributed by atoms with Gasteiger partial charge in [0.15, 0.2) is 0 Å². The van der Waals surface area contributed by atoms with Crippen LogP contribution in [0.15, 0.2) is 121 Å². The fraction of sp³-hybridized carbons (Fsp3) is 0.0690. The smallest absolute Gasteiger partial charge is 0.142 e. The van der Waals surface area contributed by atoms with Crippen LogP contribution in [0.1, 0.15) is 11.1 Å². The lowest BCUT2D eigenvalue weighted by Crippen LogP contribution is -2.13. The van der Waals surface area contributed by atoms with Crippen LogP contribution in [0.2, 0.25) is 5.02 Å². The van der Waals surface area contributed by atoms with Crippen molar-refractivity contribution in [1.29, 1.82) is 0 Å². The molecule has 0 amide bonds. The summed E-state index contributed by atoms with van der Waals surface area (Å²) in [6, 6.07) is 32.2. The Labute approximate surface area is 219 Å². The number of nitrogens with zero attached hydrogens (tertiary/aromatic N) is 4. The third-order valence-corrected chi connectivity index (χ3v) is 5.55. The predicted molar refractivity (Wildman–Crippen MR) is 142 cm³/mol. The summed E-state index contributed by atoms with van der Waals surface area (Å²) in [7, 11) is 0. The van der Waals surface area contributed by atoms with Gasteiger partial charge in [0.25, 0.3) is 0 Å². The molecule has 37 heavy (non-hydrogen) atoms. The van der Waals surface area contributed by atoms with Gasteiger partial charge in [0.2, 0.25) is 0 Å². The van der Waals surface area contributed by atoms with Gasteiger partial charge in [-0.05, 0) is 78.4 Å².